The second-order valence-electron chi connectivity index (χ2n) is 8.70. The maximum Gasteiger partial charge on any atom is 0.291 e. The van der Waals surface area contributed by atoms with Gasteiger partial charge in [-0.1, -0.05) is 29.8 Å². The molecule has 0 saturated carbocycles. The van der Waals surface area contributed by atoms with Crippen LogP contribution in [-0.2, 0) is 6.54 Å². The lowest BCUT2D eigenvalue weighted by molar-refractivity contribution is 0.0714. The van der Waals surface area contributed by atoms with Gasteiger partial charge < -0.3 is 23.5 Å². The van der Waals surface area contributed by atoms with E-state index in [4.69, 9.17) is 18.6 Å². The summed E-state index contributed by atoms with van der Waals surface area (Å²) in [4.78, 5) is 29.1. The Hall–Kier alpha value is -4.26. The molecule has 3 aromatic carbocycles. The lowest BCUT2D eigenvalue weighted by Crippen LogP contribution is -2.29. The van der Waals surface area contributed by atoms with Crippen molar-refractivity contribution in [1.29, 1.82) is 0 Å². The van der Waals surface area contributed by atoms with Crippen LogP contribution in [0.2, 0.25) is 0 Å². The summed E-state index contributed by atoms with van der Waals surface area (Å²) in [7, 11) is 0. The van der Waals surface area contributed by atoms with Gasteiger partial charge in [0.1, 0.15) is 11.3 Å². The lowest BCUT2D eigenvalue weighted by atomic mass is 9.98. The van der Waals surface area contributed by atoms with Crippen LogP contribution in [0.5, 0.6) is 17.2 Å². The van der Waals surface area contributed by atoms with E-state index in [1.54, 1.807) is 11.0 Å². The monoisotopic (exact) mass is 469 g/mol. The van der Waals surface area contributed by atoms with Gasteiger partial charge in [-0.25, -0.2) is 0 Å². The number of amides is 1. The summed E-state index contributed by atoms with van der Waals surface area (Å²) in [6, 6.07) is 17.9. The largest absolute Gasteiger partial charge is 0.494 e. The molecule has 0 spiro atoms. The van der Waals surface area contributed by atoms with Crippen molar-refractivity contribution in [3.63, 3.8) is 0 Å². The first-order valence-corrected chi connectivity index (χ1v) is 11.5. The molecule has 0 saturated heterocycles. The van der Waals surface area contributed by atoms with Gasteiger partial charge in [-0.3, -0.25) is 9.59 Å². The second-order valence-corrected chi connectivity index (χ2v) is 8.70. The number of carbonyl (C=O) groups excluding carboxylic acids is 1. The first-order valence-electron chi connectivity index (χ1n) is 11.5. The van der Waals surface area contributed by atoms with E-state index in [9.17, 15) is 9.59 Å². The summed E-state index contributed by atoms with van der Waals surface area (Å²) in [5.41, 5.74) is 3.19. The van der Waals surface area contributed by atoms with Crippen LogP contribution in [0.3, 0.4) is 0 Å². The molecule has 1 atom stereocenters. The first-order chi connectivity index (χ1) is 17.0. The van der Waals surface area contributed by atoms with Crippen LogP contribution in [-0.4, -0.2) is 24.2 Å². The Kier molecular flexibility index (Phi) is 4.99. The molecule has 6 rings (SSSR count). The molecule has 0 unspecified atom stereocenters. The fourth-order valence-electron chi connectivity index (χ4n) is 4.79. The summed E-state index contributed by atoms with van der Waals surface area (Å²) in [6.07, 6.45) is 0. The Bertz CT molecular complexity index is 1520. The van der Waals surface area contributed by atoms with Crippen LogP contribution in [0.25, 0.3) is 11.0 Å². The van der Waals surface area contributed by atoms with Crippen molar-refractivity contribution < 1.29 is 23.4 Å². The molecule has 4 aromatic rings. The number of ether oxygens (including phenoxy) is 3. The zero-order valence-electron chi connectivity index (χ0n) is 19.4. The highest BCUT2D eigenvalue weighted by atomic mass is 16.7. The van der Waals surface area contributed by atoms with Gasteiger partial charge in [0.2, 0.25) is 12.6 Å². The molecule has 0 bridgehead atoms. The Balaban J connectivity index is 1.49. The number of aryl methyl sites for hydroxylation is 1. The fraction of sp³-hybridized carbons (Fsp3) is 0.214. The van der Waals surface area contributed by atoms with Gasteiger partial charge in [0.25, 0.3) is 5.91 Å². The Morgan fingerprint density at radius 3 is 2.57 bits per heavy atom. The molecule has 176 valence electrons. The topological polar surface area (TPSA) is 78.2 Å². The highest BCUT2D eigenvalue weighted by Gasteiger charge is 2.42. The Morgan fingerprint density at radius 1 is 0.971 bits per heavy atom. The van der Waals surface area contributed by atoms with Crippen LogP contribution in [0, 0.1) is 6.92 Å². The quantitative estimate of drug-likeness (QED) is 0.411. The van der Waals surface area contributed by atoms with E-state index in [0.29, 0.717) is 34.6 Å². The van der Waals surface area contributed by atoms with Gasteiger partial charge >= 0.3 is 0 Å². The minimum atomic E-state index is -0.597. The summed E-state index contributed by atoms with van der Waals surface area (Å²) in [5, 5.41) is 0.470. The van der Waals surface area contributed by atoms with E-state index < -0.39 is 6.04 Å². The van der Waals surface area contributed by atoms with Crippen molar-refractivity contribution in [1.82, 2.24) is 4.90 Å². The summed E-state index contributed by atoms with van der Waals surface area (Å²) in [5.74, 6) is 1.80. The highest BCUT2D eigenvalue weighted by Crippen LogP contribution is 2.41. The molecule has 7 heteroatoms. The van der Waals surface area contributed by atoms with Crippen molar-refractivity contribution in [2.75, 3.05) is 13.4 Å². The van der Waals surface area contributed by atoms with Crippen molar-refractivity contribution in [3.8, 4) is 17.2 Å². The molecule has 7 nitrogen and oxygen atoms in total. The SMILES string of the molecule is CCOc1ccc([C@@H]2c3c(oc4ccc(C)cc4c3=O)C(=O)N2Cc2ccc3c(c2)OCO3)cc1. The van der Waals surface area contributed by atoms with Crippen LogP contribution in [0.15, 0.2) is 69.9 Å². The molecule has 1 amide bonds. The molecular weight excluding hydrogens is 446 g/mol. The minimum absolute atomic E-state index is 0.0889. The fourth-order valence-corrected chi connectivity index (χ4v) is 4.79. The van der Waals surface area contributed by atoms with Gasteiger partial charge in [-0.15, -0.1) is 0 Å². The van der Waals surface area contributed by atoms with Gasteiger partial charge in [0.15, 0.2) is 16.9 Å². The number of rotatable bonds is 5. The van der Waals surface area contributed by atoms with Gasteiger partial charge in [0.05, 0.1) is 23.6 Å². The van der Waals surface area contributed by atoms with Crippen molar-refractivity contribution in [2.24, 2.45) is 0 Å². The van der Waals surface area contributed by atoms with Crippen molar-refractivity contribution in [3.05, 3.63) is 98.9 Å². The third-order valence-corrected chi connectivity index (χ3v) is 6.42. The number of carbonyl (C=O) groups is 1. The number of benzene rings is 3. The van der Waals surface area contributed by atoms with Crippen LogP contribution < -0.4 is 19.6 Å². The van der Waals surface area contributed by atoms with Crippen LogP contribution in [0.1, 0.15) is 45.8 Å². The minimum Gasteiger partial charge on any atom is -0.494 e. The van der Waals surface area contributed by atoms with E-state index in [1.807, 2.05) is 68.4 Å². The zero-order chi connectivity index (χ0) is 24.1. The summed E-state index contributed by atoms with van der Waals surface area (Å²) >= 11 is 0. The molecule has 0 aliphatic carbocycles. The molecule has 0 radical (unpaired) electrons. The third kappa shape index (κ3) is 3.51. The van der Waals surface area contributed by atoms with Gasteiger partial charge in [0, 0.05) is 6.54 Å². The smallest absolute Gasteiger partial charge is 0.291 e. The lowest BCUT2D eigenvalue weighted by Gasteiger charge is -2.25. The third-order valence-electron chi connectivity index (χ3n) is 6.42. The van der Waals surface area contributed by atoms with E-state index in [2.05, 4.69) is 0 Å². The maximum absolute atomic E-state index is 13.7. The van der Waals surface area contributed by atoms with E-state index in [-0.39, 0.29) is 30.4 Å². The molecule has 1 aromatic heterocycles. The Morgan fingerprint density at radius 2 is 1.77 bits per heavy atom. The maximum atomic E-state index is 13.7. The van der Waals surface area contributed by atoms with Crippen LogP contribution >= 0.6 is 0 Å². The molecule has 0 N–H and O–H groups in total. The molecule has 35 heavy (non-hydrogen) atoms. The zero-order valence-corrected chi connectivity index (χ0v) is 19.4. The molecular formula is C28H23NO6. The average Bonchev–Trinajstić information content (AvgIpc) is 3.43. The van der Waals surface area contributed by atoms with Crippen molar-refractivity contribution in [2.45, 2.75) is 26.4 Å². The average molecular weight is 469 g/mol. The van der Waals surface area contributed by atoms with Crippen molar-refractivity contribution >= 4 is 16.9 Å². The predicted octanol–water partition coefficient (Wildman–Crippen LogP) is 4.97. The van der Waals surface area contributed by atoms with E-state index >= 15 is 0 Å². The first kappa shape index (κ1) is 21.3. The second kappa shape index (κ2) is 8.20. The number of hydrogen-bond donors (Lipinski definition) is 0. The van der Waals surface area contributed by atoms with Crippen LogP contribution in [0.4, 0.5) is 0 Å². The molecule has 2 aliphatic heterocycles. The number of fused-ring (bicyclic) bond motifs is 3. The van der Waals surface area contributed by atoms with Gasteiger partial charge in [-0.2, -0.15) is 0 Å². The summed E-state index contributed by atoms with van der Waals surface area (Å²) < 4.78 is 22.6. The summed E-state index contributed by atoms with van der Waals surface area (Å²) in [6.45, 7) is 4.84. The highest BCUT2D eigenvalue weighted by molar-refractivity contribution is 5.99. The molecule has 0 fully saturated rings. The van der Waals surface area contributed by atoms with E-state index in [0.717, 1.165) is 22.4 Å². The molecule has 3 heterocycles. The Labute approximate surface area is 201 Å². The van der Waals surface area contributed by atoms with E-state index in [1.165, 1.54) is 0 Å². The van der Waals surface area contributed by atoms with Gasteiger partial charge in [-0.05, 0) is 61.4 Å². The normalized spacial score (nSPS) is 16.1. The predicted molar refractivity (Wildman–Crippen MR) is 129 cm³/mol. The number of nitrogens with zero attached hydrogens (tertiary/aromatic N) is 1. The number of hydrogen-bond acceptors (Lipinski definition) is 6. The molecule has 2 aliphatic rings. The standard InChI is InChI=1S/C28H23NO6/c1-3-32-19-8-6-18(7-9-19)25-24-26(30)20-12-16(2)4-10-21(20)35-27(24)28(31)29(25)14-17-5-11-22-23(13-17)34-15-33-22/h4-13,25H,3,14-15H2,1-2H3/t25-/m1/s1.